The van der Waals surface area contributed by atoms with Crippen LogP contribution in [-0.2, 0) is 0 Å². The fraction of sp³-hybridized carbons (Fsp3) is 0. The van der Waals surface area contributed by atoms with Crippen LogP contribution in [0.1, 0.15) is 0 Å². The van der Waals surface area contributed by atoms with Crippen LogP contribution in [0, 0.1) is 0 Å². The maximum atomic E-state index is 2.43. The van der Waals surface area contributed by atoms with Crippen molar-refractivity contribution in [2.75, 3.05) is 14.7 Å². The zero-order valence-electron chi connectivity index (χ0n) is 62.6. The zero-order valence-corrected chi connectivity index (χ0v) is 62.6. The molecule has 6 heteroatoms. The average Bonchev–Trinajstić information content (AvgIpc) is 1.57. The molecule has 0 fully saturated rings. The molecule has 3 heterocycles. The van der Waals surface area contributed by atoms with Crippen molar-refractivity contribution in [1.29, 1.82) is 0 Å². The van der Waals surface area contributed by atoms with Crippen LogP contribution in [0.3, 0.4) is 0 Å². The highest BCUT2D eigenvalue weighted by Crippen LogP contribution is 2.49. The highest BCUT2D eigenvalue weighted by atomic mass is 15.2. The normalized spacial score (nSPS) is 11.3. The Kier molecular flexibility index (Phi) is 17.9. The smallest absolute Gasteiger partial charge is 0.0562 e. The van der Waals surface area contributed by atoms with Crippen LogP contribution in [0.5, 0.6) is 0 Å². The summed E-state index contributed by atoms with van der Waals surface area (Å²) in [5.41, 5.74) is 23.4. The minimum absolute atomic E-state index is 1.13. The van der Waals surface area contributed by atoms with Crippen molar-refractivity contribution in [2.24, 2.45) is 0 Å². The summed E-state index contributed by atoms with van der Waals surface area (Å²) in [6.07, 6.45) is 0. The van der Waals surface area contributed by atoms with Crippen LogP contribution in [0.2, 0.25) is 0 Å². The number of fused-ring (bicyclic) bond motifs is 15. The molecule has 19 aromatic carbocycles. The molecule has 0 atom stereocenters. The molecule has 22 rings (SSSR count). The summed E-state index contributed by atoms with van der Waals surface area (Å²) in [5, 5.41) is 15.1. The van der Waals surface area contributed by atoms with E-state index in [1.165, 1.54) is 126 Å². The molecule has 0 bridgehead atoms. The molecular weight excluding hydrogens is 1380 g/mol. The number of benzene rings is 19. The van der Waals surface area contributed by atoms with Crippen molar-refractivity contribution >= 4 is 149 Å². The highest BCUT2D eigenvalue weighted by Gasteiger charge is 2.25. The molecule has 0 saturated heterocycles. The topological polar surface area (TPSA) is 24.5 Å². The molecular formula is C108H76N6. The maximum Gasteiger partial charge on any atom is 0.0562 e. The molecule has 0 radical (unpaired) electrons. The lowest BCUT2D eigenvalue weighted by atomic mass is 10.0. The van der Waals surface area contributed by atoms with Gasteiger partial charge in [0.25, 0.3) is 0 Å². The largest absolute Gasteiger partial charge is 0.310 e. The van der Waals surface area contributed by atoms with Gasteiger partial charge in [0, 0.05) is 94.6 Å². The Labute approximate surface area is 662 Å². The lowest BCUT2D eigenvalue weighted by molar-refractivity contribution is 1.18. The predicted octanol–water partition coefficient (Wildman–Crippen LogP) is 29.9. The van der Waals surface area contributed by atoms with Gasteiger partial charge in [0.1, 0.15) is 0 Å². The second-order valence-electron chi connectivity index (χ2n) is 28.7. The second kappa shape index (κ2) is 30.0. The lowest BCUT2D eigenvalue weighted by Gasteiger charge is -2.27. The van der Waals surface area contributed by atoms with Crippen LogP contribution < -0.4 is 14.7 Å². The fourth-order valence-corrected chi connectivity index (χ4v) is 17.1. The van der Waals surface area contributed by atoms with Crippen LogP contribution in [-0.4, -0.2) is 13.7 Å². The Hall–Kier alpha value is -15.2. The lowest BCUT2D eigenvalue weighted by Crippen LogP contribution is -2.10. The Morgan fingerprint density at radius 2 is 0.465 bits per heavy atom. The molecule has 3 aromatic heterocycles. The highest BCUT2D eigenvalue weighted by molar-refractivity contribution is 6.27. The first kappa shape index (κ1) is 68.1. The molecule has 22 aromatic rings. The van der Waals surface area contributed by atoms with E-state index >= 15 is 0 Å². The summed E-state index contributed by atoms with van der Waals surface area (Å²) >= 11 is 0. The first-order chi connectivity index (χ1) is 56.6. The van der Waals surface area contributed by atoms with Crippen LogP contribution in [0.4, 0.5) is 51.2 Å². The first-order valence-electron chi connectivity index (χ1n) is 39.0. The molecule has 0 aliphatic heterocycles. The SMILES string of the molecule is c1ccc(-c2cccc(-n3c4cccc(N(c5ccccc5)c5ccccc5)c4c4c5ccccc5ccc43)c2)cc1.c1ccc(N(c2ccccc2)c2ccc3ccc4c(c3c2)c2ccccc2n4-c2ccccc2)cc1.c1ccc(N(c2ccccc2)c2cccc3ccc4c(c5ccccc5n4-c4ccccc4)c23)cc1. The van der Waals surface area contributed by atoms with E-state index in [2.05, 4.69) is 489 Å². The second-order valence-corrected chi connectivity index (χ2v) is 28.7. The van der Waals surface area contributed by atoms with Crippen LogP contribution in [0.25, 0.3) is 126 Å². The van der Waals surface area contributed by atoms with E-state index in [1.54, 1.807) is 0 Å². The molecule has 0 amide bonds. The molecule has 538 valence electrons. The summed E-state index contributed by atoms with van der Waals surface area (Å²) in [4.78, 5) is 7.08. The van der Waals surface area contributed by atoms with Crippen molar-refractivity contribution in [3.8, 4) is 28.2 Å². The molecule has 0 spiro atoms. The first-order valence-corrected chi connectivity index (χ1v) is 39.0. The summed E-state index contributed by atoms with van der Waals surface area (Å²) in [6.45, 7) is 0. The number of para-hydroxylation sites is 10. The zero-order chi connectivity index (χ0) is 75.7. The molecule has 0 aliphatic rings. The third-order valence-electron chi connectivity index (χ3n) is 22.0. The van der Waals surface area contributed by atoms with Gasteiger partial charge in [0.15, 0.2) is 0 Å². The molecule has 6 nitrogen and oxygen atoms in total. The van der Waals surface area contributed by atoms with E-state index in [-0.39, 0.29) is 0 Å². The average molecular weight is 1460 g/mol. The van der Waals surface area contributed by atoms with Crippen molar-refractivity contribution in [2.45, 2.75) is 0 Å². The number of anilines is 9. The van der Waals surface area contributed by atoms with Crippen molar-refractivity contribution in [3.63, 3.8) is 0 Å². The van der Waals surface area contributed by atoms with Gasteiger partial charge in [0.05, 0.1) is 44.5 Å². The van der Waals surface area contributed by atoms with Gasteiger partial charge in [-0.25, -0.2) is 0 Å². The van der Waals surface area contributed by atoms with E-state index in [4.69, 9.17) is 0 Å². The maximum absolute atomic E-state index is 2.43. The Morgan fingerprint density at radius 3 is 0.974 bits per heavy atom. The van der Waals surface area contributed by atoms with E-state index in [0.717, 1.165) is 51.2 Å². The van der Waals surface area contributed by atoms with E-state index in [9.17, 15) is 0 Å². The quantitative estimate of drug-likeness (QED) is 0.115. The van der Waals surface area contributed by atoms with Gasteiger partial charge in [-0.1, -0.05) is 291 Å². The monoisotopic (exact) mass is 1460 g/mol. The standard InChI is InChI=1S/C40H28N2.2C34H24N2/c1-4-14-29(15-5-1)31-17-12-22-34(28-31)42-37-25-13-24-36(40(37)39-35-23-11-10-16-30(35)26-27-38(39)42)41(32-18-6-2-7-19-32)33-20-8-3-9-21-33;1-4-14-26(15-5-1)35(27-16-6-2-7-17-27)31-22-12-13-25-23-24-32-34(33(25)31)29-20-10-11-21-30(29)36(32)28-18-8-3-9-19-28;1-4-12-26(13-5-1)35(27-14-6-2-7-15-27)29-22-20-25-21-23-33-34(31(25)24-29)30-18-10-11-19-32(30)36(33)28-16-8-3-9-17-28/h1-28H;2*1-24H. The van der Waals surface area contributed by atoms with E-state index < -0.39 is 0 Å². The number of hydrogen-bond donors (Lipinski definition) is 0. The molecule has 0 aliphatic carbocycles. The van der Waals surface area contributed by atoms with Gasteiger partial charge >= 0.3 is 0 Å². The number of aromatic nitrogens is 3. The van der Waals surface area contributed by atoms with Gasteiger partial charge < -0.3 is 28.4 Å². The van der Waals surface area contributed by atoms with Gasteiger partial charge in [-0.05, 0) is 208 Å². The predicted molar refractivity (Wildman–Crippen MR) is 484 cm³/mol. The molecule has 114 heavy (non-hydrogen) atoms. The molecule has 0 N–H and O–H groups in total. The Balaban J connectivity index is 0.000000111. The van der Waals surface area contributed by atoms with Crippen molar-refractivity contribution in [1.82, 2.24) is 13.7 Å². The fourth-order valence-electron chi connectivity index (χ4n) is 17.1. The van der Waals surface area contributed by atoms with Crippen molar-refractivity contribution in [3.05, 3.63) is 461 Å². The van der Waals surface area contributed by atoms with Gasteiger partial charge in [-0.2, -0.15) is 0 Å². The van der Waals surface area contributed by atoms with Crippen LogP contribution in [0.15, 0.2) is 461 Å². The van der Waals surface area contributed by atoms with Crippen LogP contribution >= 0.6 is 0 Å². The van der Waals surface area contributed by atoms with E-state index in [0.29, 0.717) is 0 Å². The summed E-state index contributed by atoms with van der Waals surface area (Å²) < 4.78 is 7.19. The Bertz CT molecular complexity index is 7070. The third kappa shape index (κ3) is 12.4. The summed E-state index contributed by atoms with van der Waals surface area (Å²) in [7, 11) is 0. The minimum atomic E-state index is 1.13. The molecule has 0 saturated carbocycles. The third-order valence-corrected chi connectivity index (χ3v) is 22.0. The van der Waals surface area contributed by atoms with Gasteiger partial charge in [-0.3, -0.25) is 0 Å². The number of hydrogen-bond acceptors (Lipinski definition) is 3. The summed E-state index contributed by atoms with van der Waals surface area (Å²) in [5.74, 6) is 0. The van der Waals surface area contributed by atoms with Crippen molar-refractivity contribution < 1.29 is 0 Å². The Morgan fingerprint density at radius 1 is 0.149 bits per heavy atom. The number of nitrogens with zero attached hydrogens (tertiary/aromatic N) is 6. The van der Waals surface area contributed by atoms with E-state index in [1.807, 2.05) is 0 Å². The van der Waals surface area contributed by atoms with Gasteiger partial charge in [0.2, 0.25) is 0 Å². The van der Waals surface area contributed by atoms with Gasteiger partial charge in [-0.15, -0.1) is 0 Å². The minimum Gasteiger partial charge on any atom is -0.310 e. The number of rotatable bonds is 13. The molecule has 0 unspecified atom stereocenters. The summed E-state index contributed by atoms with van der Waals surface area (Å²) in [6, 6.07) is 165.